The van der Waals surface area contributed by atoms with Crippen molar-refractivity contribution in [3.8, 4) is 11.8 Å². The molecule has 0 fully saturated rings. The molecule has 0 radical (unpaired) electrons. The predicted molar refractivity (Wildman–Crippen MR) is 106 cm³/mol. The molecular formula is C24H19NO2. The molecule has 132 valence electrons. The molecule has 0 aromatic heterocycles. The van der Waals surface area contributed by atoms with Crippen LogP contribution >= 0.6 is 0 Å². The number of nitrogens with zero attached hydrogens (tertiary/aromatic N) is 1. The van der Waals surface area contributed by atoms with Crippen LogP contribution < -0.4 is 4.74 Å². The van der Waals surface area contributed by atoms with Crippen molar-refractivity contribution in [3.05, 3.63) is 107 Å². The minimum atomic E-state index is -0.300. The average molecular weight is 353 g/mol. The molecule has 0 heterocycles. The second-order valence-corrected chi connectivity index (χ2v) is 6.18. The molecule has 0 spiro atoms. The quantitative estimate of drug-likeness (QED) is 0.340. The van der Waals surface area contributed by atoms with Crippen LogP contribution in [0.2, 0.25) is 0 Å². The van der Waals surface area contributed by atoms with E-state index in [4.69, 9.17) is 4.74 Å². The minimum absolute atomic E-state index is 0.0765. The lowest BCUT2D eigenvalue weighted by Crippen LogP contribution is -2.02. The zero-order valence-corrected chi connectivity index (χ0v) is 15.1. The molecule has 0 amide bonds. The number of para-hydroxylation sites is 1. The summed E-state index contributed by atoms with van der Waals surface area (Å²) in [5.74, 6) is 0.332. The maximum absolute atomic E-state index is 12.6. The summed E-state index contributed by atoms with van der Waals surface area (Å²) >= 11 is 0. The van der Waals surface area contributed by atoms with Crippen molar-refractivity contribution in [3.63, 3.8) is 0 Å². The zero-order chi connectivity index (χ0) is 19.1. The Hall–Kier alpha value is -3.64. The minimum Gasteiger partial charge on any atom is -0.488 e. The maximum Gasteiger partial charge on any atom is 0.203 e. The molecule has 0 saturated heterocycles. The number of ketones is 1. The first-order valence-corrected chi connectivity index (χ1v) is 8.66. The highest BCUT2D eigenvalue weighted by atomic mass is 16.5. The third kappa shape index (κ3) is 4.71. The van der Waals surface area contributed by atoms with Crippen LogP contribution in [0.4, 0.5) is 0 Å². The molecule has 0 N–H and O–H groups in total. The van der Waals surface area contributed by atoms with Gasteiger partial charge in [-0.2, -0.15) is 5.26 Å². The average Bonchev–Trinajstić information content (AvgIpc) is 2.72. The van der Waals surface area contributed by atoms with Crippen LogP contribution in [0.25, 0.3) is 6.08 Å². The van der Waals surface area contributed by atoms with Crippen molar-refractivity contribution >= 4 is 11.9 Å². The van der Waals surface area contributed by atoms with Crippen LogP contribution in [0, 0.1) is 18.3 Å². The molecule has 3 nitrogen and oxygen atoms in total. The molecule has 0 bridgehead atoms. The topological polar surface area (TPSA) is 50.1 Å². The first-order chi connectivity index (χ1) is 13.2. The molecule has 0 aliphatic heterocycles. The van der Waals surface area contributed by atoms with Gasteiger partial charge in [-0.25, -0.2) is 0 Å². The Morgan fingerprint density at radius 3 is 2.33 bits per heavy atom. The van der Waals surface area contributed by atoms with Crippen LogP contribution in [-0.2, 0) is 6.61 Å². The molecule has 3 heteroatoms. The van der Waals surface area contributed by atoms with Gasteiger partial charge in [-0.1, -0.05) is 78.4 Å². The number of nitriles is 1. The highest BCUT2D eigenvalue weighted by Crippen LogP contribution is 2.23. The van der Waals surface area contributed by atoms with E-state index >= 15 is 0 Å². The fourth-order valence-corrected chi connectivity index (χ4v) is 2.63. The number of carbonyl (C=O) groups is 1. The fourth-order valence-electron chi connectivity index (χ4n) is 2.63. The predicted octanol–water partition coefficient (Wildman–Crippen LogP) is 5.36. The monoisotopic (exact) mass is 353 g/mol. The smallest absolute Gasteiger partial charge is 0.203 e. The number of allylic oxidation sites excluding steroid dienone is 1. The number of benzene rings is 3. The lowest BCUT2D eigenvalue weighted by atomic mass is 10.0. The van der Waals surface area contributed by atoms with E-state index in [1.54, 1.807) is 30.3 Å². The van der Waals surface area contributed by atoms with Crippen LogP contribution in [0.15, 0.2) is 84.4 Å². The number of ether oxygens (including phenoxy) is 1. The summed E-state index contributed by atoms with van der Waals surface area (Å²) in [4.78, 5) is 12.6. The number of Topliss-reactive ketones (excluding diaryl/α,β-unsaturated/α-hetero) is 1. The van der Waals surface area contributed by atoms with Crippen molar-refractivity contribution in [1.29, 1.82) is 5.26 Å². The highest BCUT2D eigenvalue weighted by molar-refractivity contribution is 6.14. The molecule has 3 aromatic rings. The Morgan fingerprint density at radius 1 is 0.963 bits per heavy atom. The van der Waals surface area contributed by atoms with Gasteiger partial charge in [0.25, 0.3) is 0 Å². The van der Waals surface area contributed by atoms with Gasteiger partial charge in [-0.15, -0.1) is 0 Å². The molecule has 3 aromatic carbocycles. The zero-order valence-electron chi connectivity index (χ0n) is 15.1. The molecule has 0 saturated carbocycles. The van der Waals surface area contributed by atoms with Gasteiger partial charge in [-0.3, -0.25) is 4.79 Å². The first kappa shape index (κ1) is 18.2. The summed E-state index contributed by atoms with van der Waals surface area (Å²) in [7, 11) is 0. The number of carbonyl (C=O) groups excluding carboxylic acids is 1. The Bertz CT molecular complexity index is 997. The second kappa shape index (κ2) is 8.64. The number of rotatable bonds is 6. The van der Waals surface area contributed by atoms with Gasteiger partial charge < -0.3 is 4.74 Å². The maximum atomic E-state index is 12.6. The lowest BCUT2D eigenvalue weighted by Gasteiger charge is -2.10. The molecule has 27 heavy (non-hydrogen) atoms. The van der Waals surface area contributed by atoms with Crippen LogP contribution in [-0.4, -0.2) is 5.78 Å². The Morgan fingerprint density at radius 2 is 1.63 bits per heavy atom. The lowest BCUT2D eigenvalue weighted by molar-refractivity contribution is 0.104. The SMILES string of the molecule is Cc1ccc(COc2ccccc2C=C(C#N)C(=O)c2ccccc2)cc1. The Kier molecular flexibility index (Phi) is 5.81. The van der Waals surface area contributed by atoms with Gasteiger partial charge in [0.15, 0.2) is 0 Å². The van der Waals surface area contributed by atoms with E-state index in [2.05, 4.69) is 0 Å². The van der Waals surface area contributed by atoms with Crippen LogP contribution in [0.5, 0.6) is 5.75 Å². The molecule has 3 rings (SSSR count). The van der Waals surface area contributed by atoms with E-state index in [0.29, 0.717) is 23.5 Å². The molecular weight excluding hydrogens is 334 g/mol. The number of hydrogen-bond acceptors (Lipinski definition) is 3. The molecule has 0 aliphatic carbocycles. The van der Waals surface area contributed by atoms with Crippen molar-refractivity contribution in [1.82, 2.24) is 0 Å². The summed E-state index contributed by atoms with van der Waals surface area (Å²) in [6.45, 7) is 2.46. The van der Waals surface area contributed by atoms with Crippen molar-refractivity contribution in [2.75, 3.05) is 0 Å². The van der Waals surface area contributed by atoms with E-state index in [-0.39, 0.29) is 11.4 Å². The van der Waals surface area contributed by atoms with Crippen molar-refractivity contribution < 1.29 is 9.53 Å². The molecule has 0 aliphatic rings. The Labute approximate surface area is 159 Å². The number of hydrogen-bond donors (Lipinski definition) is 0. The van der Waals surface area contributed by atoms with Crippen LogP contribution in [0.1, 0.15) is 27.0 Å². The third-order valence-corrected chi connectivity index (χ3v) is 4.13. The van der Waals surface area contributed by atoms with E-state index < -0.39 is 0 Å². The van der Waals surface area contributed by atoms with Gasteiger partial charge in [0.2, 0.25) is 5.78 Å². The number of aryl methyl sites for hydroxylation is 1. The van der Waals surface area contributed by atoms with Gasteiger partial charge in [0.1, 0.15) is 24.0 Å². The van der Waals surface area contributed by atoms with Crippen molar-refractivity contribution in [2.24, 2.45) is 0 Å². The summed E-state index contributed by atoms with van der Waals surface area (Å²) in [5.41, 5.74) is 3.52. The van der Waals surface area contributed by atoms with E-state index in [1.165, 1.54) is 5.56 Å². The first-order valence-electron chi connectivity index (χ1n) is 8.66. The largest absolute Gasteiger partial charge is 0.488 e. The summed E-state index contributed by atoms with van der Waals surface area (Å²) < 4.78 is 5.93. The van der Waals surface area contributed by atoms with Gasteiger partial charge in [0, 0.05) is 11.1 Å². The molecule has 0 atom stereocenters. The Balaban J connectivity index is 1.83. The molecule has 0 unspecified atom stereocenters. The van der Waals surface area contributed by atoms with Gasteiger partial charge in [0.05, 0.1) is 0 Å². The summed E-state index contributed by atoms with van der Waals surface area (Å²) in [5, 5.41) is 9.46. The van der Waals surface area contributed by atoms with E-state index in [1.807, 2.05) is 67.6 Å². The normalized spacial score (nSPS) is 10.9. The van der Waals surface area contributed by atoms with E-state index in [0.717, 1.165) is 5.56 Å². The highest BCUT2D eigenvalue weighted by Gasteiger charge is 2.13. The van der Waals surface area contributed by atoms with Crippen LogP contribution in [0.3, 0.4) is 0 Å². The third-order valence-electron chi connectivity index (χ3n) is 4.13. The van der Waals surface area contributed by atoms with Crippen molar-refractivity contribution in [2.45, 2.75) is 13.5 Å². The van der Waals surface area contributed by atoms with Gasteiger partial charge in [-0.05, 0) is 24.6 Å². The standard InChI is InChI=1S/C24H19NO2/c1-18-11-13-19(14-12-18)17-27-23-10-6-5-9-21(23)15-22(16-25)24(26)20-7-3-2-4-8-20/h2-15H,17H2,1H3. The second-order valence-electron chi connectivity index (χ2n) is 6.18. The van der Waals surface area contributed by atoms with E-state index in [9.17, 15) is 10.1 Å². The summed E-state index contributed by atoms with van der Waals surface area (Å²) in [6, 6.07) is 26.3. The summed E-state index contributed by atoms with van der Waals surface area (Å²) in [6.07, 6.45) is 1.58. The van der Waals surface area contributed by atoms with Gasteiger partial charge >= 0.3 is 0 Å². The fraction of sp³-hybridized carbons (Fsp3) is 0.0833.